The summed E-state index contributed by atoms with van der Waals surface area (Å²) in [7, 11) is 0. The van der Waals surface area contributed by atoms with Crippen molar-refractivity contribution in [1.29, 1.82) is 0 Å². The van der Waals surface area contributed by atoms with Gasteiger partial charge in [0.1, 0.15) is 0 Å². The molecular weight excluding hydrogens is 515 g/mol. The lowest BCUT2D eigenvalue weighted by Gasteiger charge is -2.27. The highest BCUT2D eigenvalue weighted by Gasteiger charge is 2.27. The molecule has 0 unspecified atom stereocenters. The van der Waals surface area contributed by atoms with Crippen molar-refractivity contribution in [1.82, 2.24) is 0 Å². The van der Waals surface area contributed by atoms with Gasteiger partial charge in [0, 0.05) is 5.56 Å². The van der Waals surface area contributed by atoms with Gasteiger partial charge < -0.3 is 0 Å². The van der Waals surface area contributed by atoms with Crippen molar-refractivity contribution in [2.75, 3.05) is 0 Å². The highest BCUT2D eigenvalue weighted by Crippen LogP contribution is 2.52. The van der Waals surface area contributed by atoms with E-state index in [1.165, 1.54) is 70.9 Å². The Labute approximate surface area is 228 Å². The van der Waals surface area contributed by atoms with Crippen LogP contribution in [0.15, 0.2) is 78.9 Å². The fraction of sp³-hybridized carbons (Fsp3) is 0.0588. The molecule has 0 aliphatic heterocycles. The predicted molar refractivity (Wildman–Crippen MR) is 159 cm³/mol. The van der Waals surface area contributed by atoms with E-state index in [9.17, 15) is 0 Å². The third-order valence-electron chi connectivity index (χ3n) is 8.66. The number of hydrogen-bond acceptors (Lipinski definition) is 0. The maximum atomic E-state index is 6.82. The minimum absolute atomic E-state index is 0.427. The molecule has 9 rings (SSSR count). The van der Waals surface area contributed by atoms with E-state index in [2.05, 4.69) is 72.8 Å². The van der Waals surface area contributed by atoms with Gasteiger partial charge in [-0.3, -0.25) is 0 Å². The van der Waals surface area contributed by atoms with Crippen LogP contribution in [-0.4, -0.2) is 0 Å². The number of benzene rings is 7. The predicted octanol–water partition coefficient (Wildman–Crippen LogP) is 10.8. The van der Waals surface area contributed by atoms with Crippen LogP contribution in [0.1, 0.15) is 22.3 Å². The van der Waals surface area contributed by atoms with Gasteiger partial charge in [0.15, 0.2) is 0 Å². The summed E-state index contributed by atoms with van der Waals surface area (Å²) < 4.78 is 0. The van der Waals surface area contributed by atoms with Gasteiger partial charge in [-0.25, -0.2) is 0 Å². The molecule has 0 heterocycles. The van der Waals surface area contributed by atoms with Crippen LogP contribution in [0, 0.1) is 0 Å². The van der Waals surface area contributed by atoms with Crippen LogP contribution >= 0.6 is 34.8 Å². The first-order valence-corrected chi connectivity index (χ1v) is 13.7. The molecule has 7 aromatic carbocycles. The maximum absolute atomic E-state index is 6.82. The van der Waals surface area contributed by atoms with Crippen molar-refractivity contribution >= 4 is 77.9 Å². The van der Waals surface area contributed by atoms with Gasteiger partial charge in [-0.1, -0.05) is 108 Å². The molecule has 0 N–H and O–H groups in total. The molecule has 0 radical (unpaired) electrons. The molecule has 0 amide bonds. The van der Waals surface area contributed by atoms with Crippen LogP contribution in [-0.2, 0) is 12.8 Å². The van der Waals surface area contributed by atoms with Crippen molar-refractivity contribution in [3.8, 4) is 22.3 Å². The zero-order valence-corrected chi connectivity index (χ0v) is 21.8. The Morgan fingerprint density at radius 3 is 1.70 bits per heavy atom. The average Bonchev–Trinajstić information content (AvgIpc) is 2.92. The first-order chi connectivity index (χ1) is 18.1. The van der Waals surface area contributed by atoms with Crippen molar-refractivity contribution in [2.24, 2.45) is 0 Å². The first kappa shape index (κ1) is 20.7. The SMILES string of the molecule is Clc1cc2c(c(Cl)c1Cl)-c1ccc3c4ccc5c6c(ccc(c7ccc(c1c73)C2)c64)Cc1ccccc1-5. The standard InChI is InChI=1S/C34H17Cl3/c35-27-15-19-14-18-6-8-23-22-7-5-17-13-16-3-1-2-4-20(16)21-9-10-24(31(22)28(17)21)25-11-12-26(29(18)32(23)25)30(19)34(37)33(27)36/h1-12,15H,13-14H2. The van der Waals surface area contributed by atoms with E-state index in [1.807, 2.05) is 6.07 Å². The Morgan fingerprint density at radius 1 is 0.432 bits per heavy atom. The molecule has 37 heavy (non-hydrogen) atoms. The second-order valence-electron chi connectivity index (χ2n) is 10.4. The summed E-state index contributed by atoms with van der Waals surface area (Å²) in [4.78, 5) is 0. The van der Waals surface area contributed by atoms with Crippen molar-refractivity contribution in [3.05, 3.63) is 116 Å². The van der Waals surface area contributed by atoms with Crippen LogP contribution in [0.2, 0.25) is 15.1 Å². The molecule has 2 aliphatic rings. The fourth-order valence-electron chi connectivity index (χ4n) is 7.18. The molecule has 0 bridgehead atoms. The van der Waals surface area contributed by atoms with Crippen LogP contribution < -0.4 is 0 Å². The topological polar surface area (TPSA) is 0 Å². The molecule has 0 aromatic heterocycles. The monoisotopic (exact) mass is 530 g/mol. The molecule has 174 valence electrons. The molecule has 2 aliphatic carbocycles. The summed E-state index contributed by atoms with van der Waals surface area (Å²) >= 11 is 19.8. The van der Waals surface area contributed by atoms with Gasteiger partial charge in [-0.2, -0.15) is 0 Å². The Balaban J connectivity index is 1.48. The van der Waals surface area contributed by atoms with E-state index >= 15 is 0 Å². The Bertz CT molecular complexity index is 2150. The highest BCUT2D eigenvalue weighted by molar-refractivity contribution is 6.49. The average molecular weight is 532 g/mol. The lowest BCUT2D eigenvalue weighted by molar-refractivity contribution is 1.20. The van der Waals surface area contributed by atoms with Crippen LogP contribution in [0.5, 0.6) is 0 Å². The van der Waals surface area contributed by atoms with Crippen molar-refractivity contribution in [2.45, 2.75) is 12.8 Å². The molecule has 0 fully saturated rings. The molecule has 0 atom stereocenters. The number of rotatable bonds is 0. The molecule has 0 saturated carbocycles. The smallest absolute Gasteiger partial charge is 0.0785 e. The molecule has 3 heteroatoms. The van der Waals surface area contributed by atoms with E-state index in [0.717, 1.165) is 29.5 Å². The van der Waals surface area contributed by atoms with E-state index in [-0.39, 0.29) is 0 Å². The second kappa shape index (κ2) is 6.97. The summed E-state index contributed by atoms with van der Waals surface area (Å²) in [6, 6.07) is 29.3. The fourth-order valence-corrected chi connectivity index (χ4v) is 7.93. The summed E-state index contributed by atoms with van der Waals surface area (Å²) in [5.74, 6) is 0. The lowest BCUT2D eigenvalue weighted by Crippen LogP contribution is -2.04. The van der Waals surface area contributed by atoms with Crippen molar-refractivity contribution in [3.63, 3.8) is 0 Å². The summed E-state index contributed by atoms with van der Waals surface area (Å²) in [5, 5.41) is 12.1. The number of fused-ring (bicyclic) bond motifs is 6. The zero-order chi connectivity index (χ0) is 24.6. The van der Waals surface area contributed by atoms with Gasteiger partial charge in [-0.15, -0.1) is 0 Å². The van der Waals surface area contributed by atoms with Gasteiger partial charge in [0.05, 0.1) is 15.1 Å². The summed E-state index contributed by atoms with van der Waals surface area (Å²) in [6.07, 6.45) is 1.76. The van der Waals surface area contributed by atoms with Gasteiger partial charge in [0.2, 0.25) is 0 Å². The lowest BCUT2D eigenvalue weighted by atomic mass is 9.77. The minimum Gasteiger partial charge on any atom is -0.0826 e. The Morgan fingerprint density at radius 2 is 1.00 bits per heavy atom. The third kappa shape index (κ3) is 2.47. The maximum Gasteiger partial charge on any atom is 0.0785 e. The second-order valence-corrected chi connectivity index (χ2v) is 11.6. The normalized spacial score (nSPS) is 13.6. The third-order valence-corrected chi connectivity index (χ3v) is 9.92. The van der Waals surface area contributed by atoms with E-state index in [4.69, 9.17) is 34.8 Å². The van der Waals surface area contributed by atoms with Crippen molar-refractivity contribution < 1.29 is 0 Å². The van der Waals surface area contributed by atoms with Crippen LogP contribution in [0.3, 0.4) is 0 Å². The van der Waals surface area contributed by atoms with E-state index in [1.54, 1.807) is 0 Å². The quantitative estimate of drug-likeness (QED) is 0.104. The van der Waals surface area contributed by atoms with Crippen LogP contribution in [0.25, 0.3) is 65.3 Å². The van der Waals surface area contributed by atoms with Crippen LogP contribution in [0.4, 0.5) is 0 Å². The minimum atomic E-state index is 0.427. The number of halogens is 3. The highest BCUT2D eigenvalue weighted by atomic mass is 35.5. The van der Waals surface area contributed by atoms with Gasteiger partial charge in [-0.05, 0) is 101 Å². The van der Waals surface area contributed by atoms with E-state index < -0.39 is 0 Å². The Kier molecular flexibility index (Phi) is 3.90. The summed E-state index contributed by atoms with van der Waals surface area (Å²) in [6.45, 7) is 0. The Hall–Kier alpha value is -3.29. The molecular formula is C34H17Cl3. The summed E-state index contributed by atoms with van der Waals surface area (Å²) in [5.41, 5.74) is 10.1. The molecule has 0 nitrogen and oxygen atoms in total. The molecule has 0 saturated heterocycles. The van der Waals surface area contributed by atoms with E-state index in [0.29, 0.717) is 15.1 Å². The van der Waals surface area contributed by atoms with Gasteiger partial charge in [0.25, 0.3) is 0 Å². The molecule has 7 aromatic rings. The largest absolute Gasteiger partial charge is 0.0826 e. The zero-order valence-electron chi connectivity index (χ0n) is 19.6. The number of hydrogen-bond donors (Lipinski definition) is 0. The van der Waals surface area contributed by atoms with Gasteiger partial charge >= 0.3 is 0 Å². The molecule has 0 spiro atoms. The first-order valence-electron chi connectivity index (χ1n) is 12.5.